The monoisotopic (exact) mass is 362 g/mol. The fraction of sp³-hybridized carbons (Fsp3) is 0.211. The van der Waals surface area contributed by atoms with Gasteiger partial charge in [0.2, 0.25) is 0 Å². The fourth-order valence-corrected chi connectivity index (χ4v) is 2.65. The average molecular weight is 362 g/mol. The van der Waals surface area contributed by atoms with Crippen LogP contribution in [0.15, 0.2) is 42.0 Å². The quantitative estimate of drug-likeness (QED) is 0.754. The Morgan fingerprint density at radius 2 is 1.96 bits per heavy atom. The summed E-state index contributed by atoms with van der Waals surface area (Å²) in [6, 6.07) is 9.60. The lowest BCUT2D eigenvalue weighted by Crippen LogP contribution is -2.19. The van der Waals surface area contributed by atoms with Gasteiger partial charge in [0.15, 0.2) is 17.3 Å². The lowest BCUT2D eigenvalue weighted by molar-refractivity contribution is -0.0513. The van der Waals surface area contributed by atoms with Gasteiger partial charge in [-0.3, -0.25) is 4.79 Å². The van der Waals surface area contributed by atoms with Crippen LogP contribution in [0.2, 0.25) is 0 Å². The largest absolute Gasteiger partial charge is 0.497 e. The SMILES string of the molecule is COc1ccc2c(c1)C(=O)/C(=C/c1cccc(OC)c1OC(F)F)CO2. The van der Waals surface area contributed by atoms with Crippen molar-refractivity contribution in [2.45, 2.75) is 6.61 Å². The van der Waals surface area contributed by atoms with E-state index in [1.807, 2.05) is 0 Å². The Balaban J connectivity index is 2.02. The lowest BCUT2D eigenvalue weighted by Gasteiger charge is -2.20. The molecule has 2 aromatic rings. The molecule has 0 fully saturated rings. The second-order valence-corrected chi connectivity index (χ2v) is 5.41. The second-order valence-electron chi connectivity index (χ2n) is 5.41. The summed E-state index contributed by atoms with van der Waals surface area (Å²) in [5.41, 5.74) is 0.946. The topological polar surface area (TPSA) is 54.0 Å². The van der Waals surface area contributed by atoms with Gasteiger partial charge >= 0.3 is 6.61 Å². The van der Waals surface area contributed by atoms with E-state index >= 15 is 0 Å². The number of methoxy groups -OCH3 is 2. The fourth-order valence-electron chi connectivity index (χ4n) is 2.65. The van der Waals surface area contributed by atoms with Crippen molar-refractivity contribution in [3.8, 4) is 23.0 Å². The van der Waals surface area contributed by atoms with Crippen molar-refractivity contribution in [2.75, 3.05) is 20.8 Å². The Kier molecular flexibility index (Phi) is 5.06. The highest BCUT2D eigenvalue weighted by Crippen LogP contribution is 2.36. The van der Waals surface area contributed by atoms with Crippen LogP contribution in [-0.2, 0) is 0 Å². The molecule has 3 rings (SSSR count). The van der Waals surface area contributed by atoms with E-state index < -0.39 is 6.61 Å². The number of benzene rings is 2. The zero-order chi connectivity index (χ0) is 18.7. The molecule has 0 spiro atoms. The molecule has 0 atom stereocenters. The molecule has 0 aromatic heterocycles. The van der Waals surface area contributed by atoms with Gasteiger partial charge < -0.3 is 18.9 Å². The number of halogens is 2. The molecule has 0 amide bonds. The summed E-state index contributed by atoms with van der Waals surface area (Å²) in [5.74, 6) is 0.705. The zero-order valence-corrected chi connectivity index (χ0v) is 14.1. The highest BCUT2D eigenvalue weighted by molar-refractivity contribution is 6.14. The molecule has 136 valence electrons. The van der Waals surface area contributed by atoms with Gasteiger partial charge in [-0.15, -0.1) is 0 Å². The van der Waals surface area contributed by atoms with Crippen LogP contribution in [0.25, 0.3) is 6.08 Å². The van der Waals surface area contributed by atoms with Crippen molar-refractivity contribution in [2.24, 2.45) is 0 Å². The summed E-state index contributed by atoms with van der Waals surface area (Å²) in [6.07, 6.45) is 1.46. The molecule has 7 heteroatoms. The molecule has 26 heavy (non-hydrogen) atoms. The molecule has 1 aliphatic rings. The maximum atomic E-state index is 12.8. The number of Topliss-reactive ketones (excluding diaryl/α,β-unsaturated/α-hetero) is 1. The normalized spacial score (nSPS) is 14.8. The predicted octanol–water partition coefficient (Wildman–Crippen LogP) is 3.96. The minimum atomic E-state index is -3.02. The molecule has 0 radical (unpaired) electrons. The van der Waals surface area contributed by atoms with Crippen LogP contribution in [0.4, 0.5) is 8.78 Å². The molecular weight excluding hydrogens is 346 g/mol. The lowest BCUT2D eigenvalue weighted by atomic mass is 9.98. The number of para-hydroxylation sites is 1. The number of ketones is 1. The van der Waals surface area contributed by atoms with Crippen LogP contribution >= 0.6 is 0 Å². The van der Waals surface area contributed by atoms with Gasteiger partial charge in [0.25, 0.3) is 0 Å². The molecule has 0 N–H and O–H groups in total. The Morgan fingerprint density at radius 3 is 2.65 bits per heavy atom. The van der Waals surface area contributed by atoms with Crippen molar-refractivity contribution >= 4 is 11.9 Å². The van der Waals surface area contributed by atoms with E-state index in [0.29, 0.717) is 28.2 Å². The number of carbonyl (C=O) groups is 1. The van der Waals surface area contributed by atoms with Crippen LogP contribution in [-0.4, -0.2) is 33.2 Å². The van der Waals surface area contributed by atoms with E-state index in [1.54, 1.807) is 30.3 Å². The average Bonchev–Trinajstić information content (AvgIpc) is 2.64. The van der Waals surface area contributed by atoms with Gasteiger partial charge in [-0.25, -0.2) is 0 Å². The van der Waals surface area contributed by atoms with Crippen LogP contribution in [0.3, 0.4) is 0 Å². The summed E-state index contributed by atoms with van der Waals surface area (Å²) >= 11 is 0. The summed E-state index contributed by atoms with van der Waals surface area (Å²) < 4.78 is 45.9. The Labute approximate surface area is 148 Å². The van der Waals surface area contributed by atoms with E-state index in [-0.39, 0.29) is 23.9 Å². The van der Waals surface area contributed by atoms with Gasteiger partial charge in [0.1, 0.15) is 18.1 Å². The van der Waals surface area contributed by atoms with Gasteiger partial charge in [-0.2, -0.15) is 8.78 Å². The second kappa shape index (κ2) is 7.43. The van der Waals surface area contributed by atoms with Gasteiger partial charge in [-0.1, -0.05) is 12.1 Å². The smallest absolute Gasteiger partial charge is 0.387 e. The molecule has 2 aromatic carbocycles. The number of carbonyl (C=O) groups excluding carboxylic acids is 1. The first-order valence-corrected chi connectivity index (χ1v) is 7.71. The Bertz CT molecular complexity index is 861. The van der Waals surface area contributed by atoms with E-state index in [2.05, 4.69) is 4.74 Å². The number of alkyl halides is 2. The van der Waals surface area contributed by atoms with E-state index in [9.17, 15) is 13.6 Å². The van der Waals surface area contributed by atoms with Crippen LogP contribution < -0.4 is 18.9 Å². The minimum absolute atomic E-state index is 0.0174. The zero-order valence-electron chi connectivity index (χ0n) is 14.1. The van der Waals surface area contributed by atoms with Crippen LogP contribution in [0.5, 0.6) is 23.0 Å². The highest BCUT2D eigenvalue weighted by atomic mass is 19.3. The predicted molar refractivity (Wildman–Crippen MR) is 90.4 cm³/mol. The number of ether oxygens (including phenoxy) is 4. The van der Waals surface area contributed by atoms with E-state index in [4.69, 9.17) is 14.2 Å². The van der Waals surface area contributed by atoms with Gasteiger partial charge in [0.05, 0.1) is 19.8 Å². The van der Waals surface area contributed by atoms with Crippen molar-refractivity contribution < 1.29 is 32.5 Å². The maximum Gasteiger partial charge on any atom is 0.387 e. The molecule has 0 unspecified atom stereocenters. The van der Waals surface area contributed by atoms with E-state index in [0.717, 1.165) is 0 Å². The highest BCUT2D eigenvalue weighted by Gasteiger charge is 2.25. The molecule has 0 saturated carbocycles. The number of hydrogen-bond acceptors (Lipinski definition) is 5. The third-order valence-electron chi connectivity index (χ3n) is 3.87. The Morgan fingerprint density at radius 1 is 1.15 bits per heavy atom. The van der Waals surface area contributed by atoms with Crippen molar-refractivity contribution in [1.82, 2.24) is 0 Å². The Hall–Kier alpha value is -3.09. The van der Waals surface area contributed by atoms with E-state index in [1.165, 1.54) is 26.4 Å². The first-order chi connectivity index (χ1) is 12.5. The van der Waals surface area contributed by atoms with Crippen molar-refractivity contribution in [3.63, 3.8) is 0 Å². The number of rotatable bonds is 5. The minimum Gasteiger partial charge on any atom is -0.497 e. The maximum absolute atomic E-state index is 12.8. The number of hydrogen-bond donors (Lipinski definition) is 0. The first-order valence-electron chi connectivity index (χ1n) is 7.71. The molecule has 1 aliphatic heterocycles. The molecule has 0 aliphatic carbocycles. The van der Waals surface area contributed by atoms with Crippen LogP contribution in [0.1, 0.15) is 15.9 Å². The first kappa shape index (κ1) is 17.7. The summed E-state index contributed by atoms with van der Waals surface area (Å²) in [7, 11) is 2.85. The third-order valence-corrected chi connectivity index (χ3v) is 3.87. The summed E-state index contributed by atoms with van der Waals surface area (Å²) in [5, 5.41) is 0. The molecule has 0 bridgehead atoms. The molecule has 1 heterocycles. The van der Waals surface area contributed by atoms with Gasteiger partial charge in [-0.05, 0) is 30.3 Å². The van der Waals surface area contributed by atoms with Crippen molar-refractivity contribution in [3.05, 3.63) is 53.1 Å². The third kappa shape index (κ3) is 3.46. The molecular formula is C19H16F2O5. The van der Waals surface area contributed by atoms with Crippen LogP contribution in [0, 0.1) is 0 Å². The standard InChI is InChI=1S/C19H16F2O5/c1-23-13-6-7-15-14(9-13)17(22)12(10-25-15)8-11-4-3-5-16(24-2)18(11)26-19(20)21/h3-9,19H,10H2,1-2H3/b12-8+. The number of fused-ring (bicyclic) bond motifs is 1. The van der Waals surface area contributed by atoms with Gasteiger partial charge in [0, 0.05) is 11.1 Å². The summed E-state index contributed by atoms with van der Waals surface area (Å²) in [4.78, 5) is 12.8. The summed E-state index contributed by atoms with van der Waals surface area (Å²) in [6.45, 7) is -3.00. The molecule has 5 nitrogen and oxygen atoms in total. The van der Waals surface area contributed by atoms with Crippen molar-refractivity contribution in [1.29, 1.82) is 0 Å². The molecule has 0 saturated heterocycles.